The number of ether oxygens (including phenoxy) is 1. The van der Waals surface area contributed by atoms with Gasteiger partial charge in [0.05, 0.1) is 0 Å². The lowest BCUT2D eigenvalue weighted by atomic mass is 9.97. The average molecular weight is 227 g/mol. The molecule has 1 fully saturated rings. The third-order valence-corrected chi connectivity index (χ3v) is 2.60. The zero-order valence-electron chi connectivity index (χ0n) is 10.7. The summed E-state index contributed by atoms with van der Waals surface area (Å²) in [5.41, 5.74) is -0.488. The van der Waals surface area contributed by atoms with E-state index in [1.165, 1.54) is 0 Å². The lowest BCUT2D eigenvalue weighted by Crippen LogP contribution is -2.51. The van der Waals surface area contributed by atoms with Gasteiger partial charge in [0.25, 0.3) is 0 Å². The summed E-state index contributed by atoms with van der Waals surface area (Å²) < 4.78 is 5.33. The fraction of sp³-hybridized carbons (Fsp3) is 0.833. The van der Waals surface area contributed by atoms with Crippen molar-refractivity contribution in [2.75, 3.05) is 0 Å². The number of piperidine rings is 1. The summed E-state index contributed by atoms with van der Waals surface area (Å²) in [5.74, 6) is 0.222. The van der Waals surface area contributed by atoms with Crippen LogP contribution in [0.3, 0.4) is 0 Å². The van der Waals surface area contributed by atoms with Crippen molar-refractivity contribution >= 4 is 11.9 Å². The van der Waals surface area contributed by atoms with Gasteiger partial charge in [0.1, 0.15) is 11.4 Å². The second kappa shape index (κ2) is 4.44. The molecule has 0 aromatic heterocycles. The first-order valence-electron chi connectivity index (χ1n) is 5.73. The van der Waals surface area contributed by atoms with Gasteiger partial charge in [-0.15, -0.1) is 0 Å². The molecule has 0 bridgehead atoms. The minimum atomic E-state index is -0.488. The SMILES string of the molecule is C[C@@H]1CC(=O)C[C@H](C)N1C(=O)OC(C)(C)C. The van der Waals surface area contributed by atoms with Gasteiger partial charge in [-0.2, -0.15) is 0 Å². The van der Waals surface area contributed by atoms with Crippen LogP contribution in [0, 0.1) is 0 Å². The van der Waals surface area contributed by atoms with E-state index in [2.05, 4.69) is 0 Å². The normalized spacial score (nSPS) is 26.8. The Bertz CT molecular complexity index is 279. The topological polar surface area (TPSA) is 46.6 Å². The van der Waals surface area contributed by atoms with Crippen LogP contribution >= 0.6 is 0 Å². The summed E-state index contributed by atoms with van der Waals surface area (Å²) in [7, 11) is 0. The highest BCUT2D eigenvalue weighted by Gasteiger charge is 2.35. The van der Waals surface area contributed by atoms with Crippen LogP contribution in [-0.4, -0.2) is 34.5 Å². The van der Waals surface area contributed by atoms with Gasteiger partial charge in [-0.1, -0.05) is 0 Å². The molecule has 1 saturated heterocycles. The Morgan fingerprint density at radius 1 is 1.25 bits per heavy atom. The van der Waals surface area contributed by atoms with E-state index in [-0.39, 0.29) is 24.0 Å². The highest BCUT2D eigenvalue weighted by molar-refractivity contribution is 5.82. The van der Waals surface area contributed by atoms with E-state index in [0.717, 1.165) is 0 Å². The number of nitrogens with zero attached hydrogens (tertiary/aromatic N) is 1. The Kier molecular flexibility index (Phi) is 3.61. The molecule has 92 valence electrons. The molecular weight excluding hydrogens is 206 g/mol. The molecule has 0 aromatic carbocycles. The lowest BCUT2D eigenvalue weighted by Gasteiger charge is -2.38. The number of ketones is 1. The molecule has 1 aliphatic rings. The van der Waals surface area contributed by atoms with Crippen molar-refractivity contribution in [2.45, 2.75) is 65.1 Å². The van der Waals surface area contributed by atoms with Crippen molar-refractivity contribution in [3.8, 4) is 0 Å². The van der Waals surface area contributed by atoms with Gasteiger partial charge in [-0.3, -0.25) is 4.79 Å². The Morgan fingerprint density at radius 2 is 1.69 bits per heavy atom. The first-order valence-corrected chi connectivity index (χ1v) is 5.73. The Hall–Kier alpha value is -1.06. The summed E-state index contributed by atoms with van der Waals surface area (Å²) in [6.45, 7) is 9.30. The third-order valence-electron chi connectivity index (χ3n) is 2.60. The van der Waals surface area contributed by atoms with Crippen LogP contribution in [0.25, 0.3) is 0 Å². The van der Waals surface area contributed by atoms with E-state index in [4.69, 9.17) is 4.74 Å². The molecule has 0 saturated carbocycles. The fourth-order valence-corrected chi connectivity index (χ4v) is 2.05. The maximum Gasteiger partial charge on any atom is 0.410 e. The minimum absolute atomic E-state index is 0.0638. The van der Waals surface area contributed by atoms with Crippen LogP contribution in [0.4, 0.5) is 4.79 Å². The van der Waals surface area contributed by atoms with Crippen LogP contribution in [0.1, 0.15) is 47.5 Å². The number of amides is 1. The molecule has 1 rings (SSSR count). The maximum absolute atomic E-state index is 11.9. The van der Waals surface area contributed by atoms with E-state index < -0.39 is 5.60 Å². The molecule has 4 heteroatoms. The Morgan fingerprint density at radius 3 is 2.06 bits per heavy atom. The molecule has 0 unspecified atom stereocenters. The number of hydrogen-bond donors (Lipinski definition) is 0. The Balaban J connectivity index is 2.71. The zero-order chi connectivity index (χ0) is 12.5. The predicted octanol–water partition coefficient (Wildman–Crippen LogP) is 2.36. The Labute approximate surface area is 96.9 Å². The van der Waals surface area contributed by atoms with E-state index >= 15 is 0 Å². The van der Waals surface area contributed by atoms with Gasteiger partial charge in [0, 0.05) is 24.9 Å². The fourth-order valence-electron chi connectivity index (χ4n) is 2.05. The summed E-state index contributed by atoms with van der Waals surface area (Å²) >= 11 is 0. The van der Waals surface area contributed by atoms with Crippen LogP contribution in [-0.2, 0) is 9.53 Å². The first-order chi connectivity index (χ1) is 7.20. The largest absolute Gasteiger partial charge is 0.444 e. The highest BCUT2D eigenvalue weighted by atomic mass is 16.6. The summed E-state index contributed by atoms with van der Waals surface area (Å²) in [6, 6.07) is -0.128. The molecule has 0 spiro atoms. The number of hydrogen-bond acceptors (Lipinski definition) is 3. The highest BCUT2D eigenvalue weighted by Crippen LogP contribution is 2.22. The van der Waals surface area contributed by atoms with Crippen molar-refractivity contribution in [2.24, 2.45) is 0 Å². The molecule has 0 radical (unpaired) electrons. The number of carbonyl (C=O) groups is 2. The van der Waals surface area contributed by atoms with Gasteiger partial charge >= 0.3 is 6.09 Å². The van der Waals surface area contributed by atoms with Crippen LogP contribution in [0.5, 0.6) is 0 Å². The predicted molar refractivity (Wildman–Crippen MR) is 61.2 cm³/mol. The van der Waals surface area contributed by atoms with Crippen molar-refractivity contribution in [3.63, 3.8) is 0 Å². The lowest BCUT2D eigenvalue weighted by molar-refractivity contribution is -0.124. The second-order valence-electron chi connectivity index (χ2n) is 5.53. The minimum Gasteiger partial charge on any atom is -0.444 e. The van der Waals surface area contributed by atoms with Gasteiger partial charge in [0.15, 0.2) is 0 Å². The monoisotopic (exact) mass is 227 g/mol. The smallest absolute Gasteiger partial charge is 0.410 e. The molecule has 1 aliphatic heterocycles. The van der Waals surface area contributed by atoms with Gasteiger partial charge in [0.2, 0.25) is 0 Å². The number of carbonyl (C=O) groups excluding carboxylic acids is 2. The molecular formula is C12H21NO3. The summed E-state index contributed by atoms with van der Waals surface area (Å²) in [6.07, 6.45) is 0.549. The van der Waals surface area contributed by atoms with E-state index in [1.807, 2.05) is 34.6 Å². The number of rotatable bonds is 0. The van der Waals surface area contributed by atoms with Crippen molar-refractivity contribution < 1.29 is 14.3 Å². The van der Waals surface area contributed by atoms with Crippen LogP contribution in [0.2, 0.25) is 0 Å². The third kappa shape index (κ3) is 3.22. The molecule has 0 aromatic rings. The summed E-state index contributed by atoms with van der Waals surface area (Å²) in [5, 5.41) is 0. The average Bonchev–Trinajstić information content (AvgIpc) is 1.96. The van der Waals surface area contributed by atoms with Gasteiger partial charge in [-0.25, -0.2) is 4.79 Å². The quantitative estimate of drug-likeness (QED) is 0.638. The van der Waals surface area contributed by atoms with E-state index in [9.17, 15) is 9.59 Å². The standard InChI is InChI=1S/C12H21NO3/c1-8-6-10(14)7-9(2)13(8)11(15)16-12(3,4)5/h8-9H,6-7H2,1-5H3/t8-,9+. The maximum atomic E-state index is 11.9. The van der Waals surface area contributed by atoms with Crippen molar-refractivity contribution in [1.29, 1.82) is 0 Å². The van der Waals surface area contributed by atoms with Crippen LogP contribution in [0.15, 0.2) is 0 Å². The van der Waals surface area contributed by atoms with Crippen molar-refractivity contribution in [1.82, 2.24) is 4.90 Å². The number of likely N-dealkylation sites (tertiary alicyclic amines) is 1. The van der Waals surface area contributed by atoms with E-state index in [1.54, 1.807) is 4.90 Å². The van der Waals surface area contributed by atoms with Gasteiger partial charge in [-0.05, 0) is 34.6 Å². The molecule has 0 N–H and O–H groups in total. The summed E-state index contributed by atoms with van der Waals surface area (Å²) in [4.78, 5) is 25.0. The van der Waals surface area contributed by atoms with Crippen LogP contribution < -0.4 is 0 Å². The molecule has 1 heterocycles. The molecule has 2 atom stereocenters. The van der Waals surface area contributed by atoms with E-state index in [0.29, 0.717) is 12.8 Å². The molecule has 1 amide bonds. The first kappa shape index (κ1) is 13.0. The zero-order valence-corrected chi connectivity index (χ0v) is 10.7. The molecule has 0 aliphatic carbocycles. The molecule has 16 heavy (non-hydrogen) atoms. The van der Waals surface area contributed by atoms with Crippen molar-refractivity contribution in [3.05, 3.63) is 0 Å². The molecule has 4 nitrogen and oxygen atoms in total. The second-order valence-corrected chi connectivity index (χ2v) is 5.53. The van der Waals surface area contributed by atoms with Gasteiger partial charge < -0.3 is 9.64 Å². The number of Topliss-reactive ketones (excluding diaryl/α,β-unsaturated/α-hetero) is 1.